The highest BCUT2D eigenvalue weighted by Gasteiger charge is 2.21. The van der Waals surface area contributed by atoms with Gasteiger partial charge >= 0.3 is 0 Å². The third kappa shape index (κ3) is 3.52. The van der Waals surface area contributed by atoms with Gasteiger partial charge in [-0.2, -0.15) is 5.10 Å². The third-order valence-corrected chi connectivity index (χ3v) is 4.26. The van der Waals surface area contributed by atoms with E-state index < -0.39 is 0 Å². The molecule has 0 aliphatic rings. The Bertz CT molecular complexity index is 843. The van der Waals surface area contributed by atoms with Gasteiger partial charge in [0.25, 0.3) is 5.91 Å². The number of nitrogens with one attached hydrogen (secondary N) is 1. The largest absolute Gasteiger partial charge is 0.497 e. The fourth-order valence-corrected chi connectivity index (χ4v) is 2.55. The summed E-state index contributed by atoms with van der Waals surface area (Å²) < 4.78 is 5.15. The summed E-state index contributed by atoms with van der Waals surface area (Å²) in [5.74, 6) is 0.657. The molecule has 25 heavy (non-hydrogen) atoms. The predicted molar refractivity (Wildman–Crippen MR) is 95.3 cm³/mol. The highest BCUT2D eigenvalue weighted by Crippen LogP contribution is 2.23. The van der Waals surface area contributed by atoms with E-state index in [2.05, 4.69) is 15.2 Å². The van der Waals surface area contributed by atoms with Gasteiger partial charge in [-0.25, -0.2) is 0 Å². The van der Waals surface area contributed by atoms with Gasteiger partial charge < -0.3 is 9.64 Å². The van der Waals surface area contributed by atoms with Crippen LogP contribution in [0, 0.1) is 0 Å². The Kier molecular flexibility index (Phi) is 4.79. The molecule has 1 amide bonds. The standard InChI is InChI=1S/C19H20N4O2/c1-13(15-5-4-10-20-12-15)23(2)19(24)18-11-17(21-22-18)14-6-8-16(25-3)9-7-14/h4-13H,1-3H3,(H,21,22)/t13-/m0/s1. The van der Waals surface area contributed by atoms with Crippen molar-refractivity contribution in [2.45, 2.75) is 13.0 Å². The molecule has 0 unspecified atom stereocenters. The van der Waals surface area contributed by atoms with E-state index in [1.54, 1.807) is 37.5 Å². The summed E-state index contributed by atoms with van der Waals surface area (Å²) in [5, 5.41) is 7.08. The maximum Gasteiger partial charge on any atom is 0.272 e. The minimum atomic E-state index is -0.122. The summed E-state index contributed by atoms with van der Waals surface area (Å²) >= 11 is 0. The lowest BCUT2D eigenvalue weighted by atomic mass is 10.1. The van der Waals surface area contributed by atoms with Gasteiger partial charge in [0.15, 0.2) is 0 Å². The Morgan fingerprint density at radius 2 is 2.00 bits per heavy atom. The van der Waals surface area contributed by atoms with Crippen LogP contribution in [0.3, 0.4) is 0 Å². The SMILES string of the molecule is COc1ccc(-c2cc(C(=O)N(C)[C@@H](C)c3cccnc3)[nH]n2)cc1. The van der Waals surface area contributed by atoms with E-state index in [4.69, 9.17) is 4.74 Å². The monoisotopic (exact) mass is 336 g/mol. The number of H-pyrrole nitrogens is 1. The van der Waals surface area contributed by atoms with Crippen molar-refractivity contribution in [3.63, 3.8) is 0 Å². The highest BCUT2D eigenvalue weighted by molar-refractivity contribution is 5.93. The number of methoxy groups -OCH3 is 1. The van der Waals surface area contributed by atoms with Crippen LogP contribution in [0.1, 0.15) is 29.0 Å². The molecule has 0 radical (unpaired) electrons. The Labute approximate surface area is 146 Å². The van der Waals surface area contributed by atoms with Crippen molar-refractivity contribution in [2.24, 2.45) is 0 Å². The van der Waals surface area contributed by atoms with E-state index in [1.807, 2.05) is 43.3 Å². The number of rotatable bonds is 5. The molecule has 128 valence electrons. The zero-order chi connectivity index (χ0) is 17.8. The molecule has 1 aromatic carbocycles. The number of benzene rings is 1. The van der Waals surface area contributed by atoms with Crippen LogP contribution in [0.25, 0.3) is 11.3 Å². The first kappa shape index (κ1) is 16.7. The summed E-state index contributed by atoms with van der Waals surface area (Å²) in [6.07, 6.45) is 3.48. The molecule has 6 nitrogen and oxygen atoms in total. The van der Waals surface area contributed by atoms with Crippen molar-refractivity contribution in [2.75, 3.05) is 14.2 Å². The first-order chi connectivity index (χ1) is 12.1. The number of nitrogens with zero attached hydrogens (tertiary/aromatic N) is 3. The maximum atomic E-state index is 12.7. The maximum absolute atomic E-state index is 12.7. The van der Waals surface area contributed by atoms with E-state index in [0.717, 1.165) is 16.9 Å². The van der Waals surface area contributed by atoms with Crippen LogP contribution in [-0.2, 0) is 0 Å². The molecule has 1 atom stereocenters. The van der Waals surface area contributed by atoms with E-state index >= 15 is 0 Å². The van der Waals surface area contributed by atoms with Crippen molar-refractivity contribution in [1.82, 2.24) is 20.1 Å². The minimum absolute atomic E-state index is 0.0889. The van der Waals surface area contributed by atoms with E-state index in [0.29, 0.717) is 11.4 Å². The molecule has 0 saturated carbocycles. The summed E-state index contributed by atoms with van der Waals surface area (Å²) in [5.41, 5.74) is 3.06. The molecule has 0 saturated heterocycles. The lowest BCUT2D eigenvalue weighted by molar-refractivity contribution is 0.0736. The summed E-state index contributed by atoms with van der Waals surface area (Å²) in [6, 6.07) is 13.0. The normalized spacial score (nSPS) is 11.8. The first-order valence-electron chi connectivity index (χ1n) is 7.97. The molecule has 6 heteroatoms. The van der Waals surface area contributed by atoms with Gasteiger partial charge in [-0.1, -0.05) is 6.07 Å². The summed E-state index contributed by atoms with van der Waals surface area (Å²) in [4.78, 5) is 18.5. The number of amides is 1. The minimum Gasteiger partial charge on any atom is -0.497 e. The van der Waals surface area contributed by atoms with Crippen LogP contribution in [0.4, 0.5) is 0 Å². The number of carbonyl (C=O) groups is 1. The molecule has 0 spiro atoms. The van der Waals surface area contributed by atoms with Crippen molar-refractivity contribution >= 4 is 5.91 Å². The van der Waals surface area contributed by atoms with Gasteiger partial charge in [0.05, 0.1) is 18.8 Å². The number of aromatic amines is 1. The van der Waals surface area contributed by atoms with Crippen LogP contribution in [-0.4, -0.2) is 40.1 Å². The lowest BCUT2D eigenvalue weighted by Gasteiger charge is -2.24. The van der Waals surface area contributed by atoms with Crippen LogP contribution < -0.4 is 4.74 Å². The molecule has 0 aliphatic heterocycles. The Balaban J connectivity index is 1.77. The second-order valence-electron chi connectivity index (χ2n) is 5.77. The Morgan fingerprint density at radius 3 is 2.64 bits per heavy atom. The predicted octanol–water partition coefficient (Wildman–Crippen LogP) is 3.31. The lowest BCUT2D eigenvalue weighted by Crippen LogP contribution is -2.30. The van der Waals surface area contributed by atoms with Crippen molar-refractivity contribution < 1.29 is 9.53 Å². The molecule has 0 aliphatic carbocycles. The molecular weight excluding hydrogens is 316 g/mol. The number of carbonyl (C=O) groups excluding carboxylic acids is 1. The number of pyridine rings is 1. The average molecular weight is 336 g/mol. The fourth-order valence-electron chi connectivity index (χ4n) is 2.55. The quantitative estimate of drug-likeness (QED) is 0.776. The van der Waals surface area contributed by atoms with E-state index in [-0.39, 0.29) is 11.9 Å². The molecule has 0 fully saturated rings. The molecular formula is C19H20N4O2. The smallest absolute Gasteiger partial charge is 0.272 e. The zero-order valence-electron chi connectivity index (χ0n) is 14.4. The third-order valence-electron chi connectivity index (χ3n) is 4.26. The van der Waals surface area contributed by atoms with Gasteiger partial charge in [-0.05, 0) is 48.9 Å². The number of aromatic nitrogens is 3. The van der Waals surface area contributed by atoms with E-state index in [1.165, 1.54) is 0 Å². The molecule has 0 bridgehead atoms. The second-order valence-corrected chi connectivity index (χ2v) is 5.77. The van der Waals surface area contributed by atoms with Crippen LogP contribution in [0.5, 0.6) is 5.75 Å². The van der Waals surface area contributed by atoms with Crippen LogP contribution >= 0.6 is 0 Å². The Morgan fingerprint density at radius 1 is 1.24 bits per heavy atom. The molecule has 2 aromatic heterocycles. The number of ether oxygens (including phenoxy) is 1. The molecule has 3 aromatic rings. The van der Waals surface area contributed by atoms with Crippen molar-refractivity contribution in [3.05, 3.63) is 66.1 Å². The molecule has 2 heterocycles. The number of hydrogen-bond donors (Lipinski definition) is 1. The van der Waals surface area contributed by atoms with Gasteiger partial charge in [0.2, 0.25) is 0 Å². The summed E-state index contributed by atoms with van der Waals surface area (Å²) in [6.45, 7) is 1.97. The zero-order valence-corrected chi connectivity index (χ0v) is 14.4. The van der Waals surface area contributed by atoms with Crippen molar-refractivity contribution in [3.8, 4) is 17.0 Å². The van der Waals surface area contributed by atoms with Crippen molar-refractivity contribution in [1.29, 1.82) is 0 Å². The van der Waals surface area contributed by atoms with Crippen LogP contribution in [0.15, 0.2) is 54.9 Å². The highest BCUT2D eigenvalue weighted by atomic mass is 16.5. The van der Waals surface area contributed by atoms with Gasteiger partial charge in [-0.15, -0.1) is 0 Å². The van der Waals surface area contributed by atoms with Gasteiger partial charge in [-0.3, -0.25) is 14.9 Å². The number of hydrogen-bond acceptors (Lipinski definition) is 4. The summed E-state index contributed by atoms with van der Waals surface area (Å²) in [7, 11) is 3.40. The topological polar surface area (TPSA) is 71.1 Å². The van der Waals surface area contributed by atoms with Gasteiger partial charge in [0, 0.05) is 25.0 Å². The molecule has 1 N–H and O–H groups in total. The fraction of sp³-hybridized carbons (Fsp3) is 0.211. The average Bonchev–Trinajstić information content (AvgIpc) is 3.17. The Hall–Kier alpha value is -3.15. The first-order valence-corrected chi connectivity index (χ1v) is 7.97. The molecule has 3 rings (SSSR count). The second kappa shape index (κ2) is 7.17. The van der Waals surface area contributed by atoms with E-state index in [9.17, 15) is 4.79 Å². The van der Waals surface area contributed by atoms with Crippen LogP contribution in [0.2, 0.25) is 0 Å². The van der Waals surface area contributed by atoms with Gasteiger partial charge in [0.1, 0.15) is 11.4 Å².